The normalized spacial score (nSPS) is 15.2. The molecule has 0 radical (unpaired) electrons. The topological polar surface area (TPSA) is 110 Å². The van der Waals surface area contributed by atoms with Gasteiger partial charge in [-0.05, 0) is 42.8 Å². The quantitative estimate of drug-likeness (QED) is 0.228. The second kappa shape index (κ2) is 10.9. The largest absolute Gasteiger partial charge is 0.463 e. The van der Waals surface area contributed by atoms with Gasteiger partial charge in [-0.25, -0.2) is 0 Å². The van der Waals surface area contributed by atoms with Crippen molar-refractivity contribution in [1.82, 2.24) is 4.90 Å². The Hall–Kier alpha value is -3.48. The smallest absolute Gasteiger partial charge is 0.302 e. The fraction of sp³-hybridized carbons (Fsp3) is 0.250. The van der Waals surface area contributed by atoms with E-state index in [9.17, 15) is 19.6 Å². The van der Waals surface area contributed by atoms with Gasteiger partial charge in [-0.1, -0.05) is 28.1 Å². The Morgan fingerprint density at radius 2 is 1.85 bits per heavy atom. The molecule has 1 aromatic heterocycles. The van der Waals surface area contributed by atoms with Gasteiger partial charge in [0.25, 0.3) is 11.8 Å². The minimum absolute atomic E-state index is 0.0399. The van der Waals surface area contributed by atoms with Crippen LogP contribution in [0.15, 0.2) is 62.0 Å². The summed E-state index contributed by atoms with van der Waals surface area (Å²) in [5, 5.41) is 9.49. The minimum Gasteiger partial charge on any atom is -0.463 e. The van der Waals surface area contributed by atoms with E-state index in [1.165, 1.54) is 13.0 Å². The van der Waals surface area contributed by atoms with Crippen LogP contribution in [0.3, 0.4) is 0 Å². The van der Waals surface area contributed by atoms with E-state index in [2.05, 4.69) is 15.9 Å². The number of nitriles is 1. The zero-order valence-corrected chi connectivity index (χ0v) is 19.7. The third-order valence-corrected chi connectivity index (χ3v) is 5.39. The highest BCUT2D eigenvalue weighted by atomic mass is 79.9. The Labute approximate surface area is 199 Å². The highest BCUT2D eigenvalue weighted by Crippen LogP contribution is 2.29. The zero-order chi connectivity index (χ0) is 24.0. The first-order valence-electron chi connectivity index (χ1n) is 10.1. The lowest BCUT2D eigenvalue weighted by molar-refractivity contribution is -0.142. The van der Waals surface area contributed by atoms with Crippen LogP contribution in [-0.2, 0) is 23.9 Å². The number of carbonyl (C=O) groups excluding carboxylic acids is 3. The molecule has 2 aromatic rings. The molecule has 170 valence electrons. The van der Waals surface area contributed by atoms with Crippen molar-refractivity contribution in [1.29, 1.82) is 5.26 Å². The van der Waals surface area contributed by atoms with E-state index in [0.717, 1.165) is 14.9 Å². The molecule has 0 atom stereocenters. The summed E-state index contributed by atoms with van der Waals surface area (Å²) in [7, 11) is 0. The van der Waals surface area contributed by atoms with Gasteiger partial charge in [0.1, 0.15) is 29.8 Å². The maximum atomic E-state index is 13.1. The Morgan fingerprint density at radius 3 is 2.52 bits per heavy atom. The maximum absolute atomic E-state index is 13.1. The highest BCUT2D eigenvalue weighted by Gasteiger charge is 2.35. The molecule has 0 saturated heterocycles. The zero-order valence-electron chi connectivity index (χ0n) is 18.1. The predicted octanol–water partition coefficient (Wildman–Crippen LogP) is 3.88. The average Bonchev–Trinajstić information content (AvgIpc) is 3.25. The molecule has 0 bridgehead atoms. The van der Waals surface area contributed by atoms with E-state index in [1.807, 2.05) is 30.3 Å². The molecule has 0 fully saturated rings. The van der Waals surface area contributed by atoms with Gasteiger partial charge < -0.3 is 13.9 Å². The fourth-order valence-corrected chi connectivity index (χ4v) is 3.44. The summed E-state index contributed by atoms with van der Waals surface area (Å²) in [4.78, 5) is 37.4. The molecule has 0 aliphatic carbocycles. The Morgan fingerprint density at radius 1 is 1.12 bits per heavy atom. The number of ether oxygens (including phenoxy) is 2. The van der Waals surface area contributed by atoms with Crippen molar-refractivity contribution in [2.24, 2.45) is 0 Å². The maximum Gasteiger partial charge on any atom is 0.302 e. The number of halogens is 1. The van der Waals surface area contributed by atoms with Crippen LogP contribution >= 0.6 is 15.9 Å². The number of esters is 1. The number of amides is 2. The molecule has 1 aliphatic rings. The van der Waals surface area contributed by atoms with Crippen LogP contribution in [0.2, 0.25) is 0 Å². The van der Waals surface area contributed by atoms with Crippen LogP contribution in [0.5, 0.6) is 0 Å². The Bertz CT molecular complexity index is 1170. The number of rotatable bonds is 8. The van der Waals surface area contributed by atoms with E-state index < -0.39 is 17.8 Å². The summed E-state index contributed by atoms with van der Waals surface area (Å²) in [5.41, 5.74) is 1.25. The first-order chi connectivity index (χ1) is 15.8. The lowest BCUT2D eigenvalue weighted by Crippen LogP contribution is -2.44. The van der Waals surface area contributed by atoms with Crippen molar-refractivity contribution >= 4 is 39.8 Å². The third kappa shape index (κ3) is 5.86. The number of benzene rings is 1. The molecular weight excluding hydrogens is 492 g/mol. The number of carbonyl (C=O) groups is 3. The van der Waals surface area contributed by atoms with E-state index in [0.29, 0.717) is 17.1 Å². The molecule has 3 rings (SSSR count). The third-order valence-electron chi connectivity index (χ3n) is 4.86. The number of hydrogen-bond donors (Lipinski definition) is 0. The summed E-state index contributed by atoms with van der Waals surface area (Å²) in [5.74, 6) is -0.596. The van der Waals surface area contributed by atoms with Gasteiger partial charge in [-0.3, -0.25) is 19.3 Å². The summed E-state index contributed by atoms with van der Waals surface area (Å²) in [6.45, 7) is 3.05. The Balaban J connectivity index is 1.78. The van der Waals surface area contributed by atoms with Gasteiger partial charge in [0.15, 0.2) is 0 Å². The molecule has 0 N–H and O–H groups in total. The van der Waals surface area contributed by atoms with Gasteiger partial charge in [-0.15, -0.1) is 0 Å². The van der Waals surface area contributed by atoms with Gasteiger partial charge in [0.2, 0.25) is 0 Å². The van der Waals surface area contributed by atoms with Crippen molar-refractivity contribution in [3.8, 4) is 17.4 Å². The van der Waals surface area contributed by atoms with Crippen molar-refractivity contribution < 1.29 is 28.3 Å². The summed E-state index contributed by atoms with van der Waals surface area (Å²) in [6, 6.07) is 13.0. The van der Waals surface area contributed by atoms with Crippen molar-refractivity contribution in [2.75, 3.05) is 26.4 Å². The molecule has 33 heavy (non-hydrogen) atoms. The minimum atomic E-state index is -0.671. The average molecular weight is 513 g/mol. The molecule has 9 heteroatoms. The van der Waals surface area contributed by atoms with Gasteiger partial charge in [-0.2, -0.15) is 5.26 Å². The lowest BCUT2D eigenvalue weighted by Gasteiger charge is -2.27. The second-order valence-electron chi connectivity index (χ2n) is 7.09. The number of hydrogen-bond acceptors (Lipinski definition) is 7. The first-order valence-corrected chi connectivity index (χ1v) is 10.9. The van der Waals surface area contributed by atoms with Crippen LogP contribution < -0.4 is 0 Å². The molecule has 1 aliphatic heterocycles. The van der Waals surface area contributed by atoms with Crippen molar-refractivity contribution in [3.63, 3.8) is 0 Å². The van der Waals surface area contributed by atoms with Gasteiger partial charge in [0, 0.05) is 22.5 Å². The number of furan rings is 1. The van der Waals surface area contributed by atoms with Crippen molar-refractivity contribution in [2.45, 2.75) is 13.8 Å². The van der Waals surface area contributed by atoms with E-state index in [4.69, 9.17) is 13.9 Å². The predicted molar refractivity (Wildman–Crippen MR) is 122 cm³/mol. The van der Waals surface area contributed by atoms with Crippen LogP contribution in [0, 0.1) is 11.3 Å². The highest BCUT2D eigenvalue weighted by molar-refractivity contribution is 9.10. The van der Waals surface area contributed by atoms with Gasteiger partial charge >= 0.3 is 5.97 Å². The van der Waals surface area contributed by atoms with E-state index in [1.54, 1.807) is 19.1 Å². The molecule has 1 aromatic carbocycles. The molecule has 0 unspecified atom stereocenters. The molecular formula is C24H21BrN2O6. The number of nitrogens with zero attached hydrogens (tertiary/aromatic N) is 2. The molecule has 0 spiro atoms. The first kappa shape index (κ1) is 24.2. The lowest BCUT2D eigenvalue weighted by atomic mass is 9.94. The van der Waals surface area contributed by atoms with Crippen LogP contribution in [0.25, 0.3) is 17.4 Å². The standard InChI is InChI=1S/C24H21BrN2O6/c1-15-20(13-19-7-8-22(33-19)17-3-5-18(25)6-4-17)23(29)27(24(30)21(15)14-26)9-10-31-11-12-32-16(2)28/h3-8,13H,9-12H2,1-2H3/b20-13+. The van der Waals surface area contributed by atoms with Crippen LogP contribution in [0.1, 0.15) is 19.6 Å². The van der Waals surface area contributed by atoms with Crippen LogP contribution in [0.4, 0.5) is 0 Å². The summed E-state index contributed by atoms with van der Waals surface area (Å²) >= 11 is 3.39. The molecule has 0 saturated carbocycles. The fourth-order valence-electron chi connectivity index (χ4n) is 3.18. The Kier molecular flexibility index (Phi) is 7.98. The van der Waals surface area contributed by atoms with Crippen molar-refractivity contribution in [3.05, 3.63) is 63.4 Å². The molecule has 2 amide bonds. The second-order valence-corrected chi connectivity index (χ2v) is 8.01. The van der Waals surface area contributed by atoms with E-state index >= 15 is 0 Å². The molecule has 2 heterocycles. The SMILES string of the molecule is CC(=O)OCCOCCN1C(=O)C(C#N)=C(C)/C(=C\c2ccc(-c3ccc(Br)cc3)o2)C1=O. The van der Waals surface area contributed by atoms with Crippen LogP contribution in [-0.4, -0.2) is 49.0 Å². The summed E-state index contributed by atoms with van der Waals surface area (Å²) in [6.07, 6.45) is 1.53. The van der Waals surface area contributed by atoms with E-state index in [-0.39, 0.29) is 37.5 Å². The number of imide groups is 1. The molecule has 8 nitrogen and oxygen atoms in total. The monoisotopic (exact) mass is 512 g/mol. The summed E-state index contributed by atoms with van der Waals surface area (Å²) < 4.78 is 16.9. The van der Waals surface area contributed by atoms with Gasteiger partial charge in [0.05, 0.1) is 19.8 Å².